The molecule has 1 aliphatic heterocycles. The quantitative estimate of drug-likeness (QED) is 0.636. The number of oxazole rings is 1. The SMILES string of the molecule is O=C(OCC(=O)N1CCC(Cc2ccccc2)CC1)c1ccc2ocnc2c1. The number of nitrogens with zero attached hydrogens (tertiary/aromatic N) is 2. The van der Waals surface area contributed by atoms with Crippen LogP contribution < -0.4 is 0 Å². The number of piperidine rings is 1. The highest BCUT2D eigenvalue weighted by molar-refractivity contribution is 5.94. The maximum Gasteiger partial charge on any atom is 0.338 e. The number of amides is 1. The van der Waals surface area contributed by atoms with Gasteiger partial charge >= 0.3 is 5.97 Å². The van der Waals surface area contributed by atoms with Gasteiger partial charge in [-0.3, -0.25) is 4.79 Å². The lowest BCUT2D eigenvalue weighted by atomic mass is 9.90. The largest absolute Gasteiger partial charge is 0.452 e. The third-order valence-corrected chi connectivity index (χ3v) is 5.23. The van der Waals surface area contributed by atoms with Crippen molar-refractivity contribution in [2.24, 2.45) is 5.92 Å². The van der Waals surface area contributed by atoms with Gasteiger partial charge in [0.05, 0.1) is 5.56 Å². The van der Waals surface area contributed by atoms with Gasteiger partial charge in [0.15, 0.2) is 18.6 Å². The maximum atomic E-state index is 12.4. The van der Waals surface area contributed by atoms with Crippen LogP contribution in [0, 0.1) is 5.92 Å². The molecule has 1 aromatic heterocycles. The zero-order chi connectivity index (χ0) is 19.3. The molecular formula is C22H22N2O4. The molecule has 0 radical (unpaired) electrons. The van der Waals surface area contributed by atoms with Crippen molar-refractivity contribution in [1.82, 2.24) is 9.88 Å². The Labute approximate surface area is 163 Å². The molecule has 3 aromatic rings. The van der Waals surface area contributed by atoms with Gasteiger partial charge in [0.2, 0.25) is 0 Å². The Morgan fingerprint density at radius 1 is 1.11 bits per heavy atom. The molecule has 1 saturated heterocycles. The number of rotatable bonds is 5. The van der Waals surface area contributed by atoms with E-state index in [0.29, 0.717) is 35.7 Å². The third-order valence-electron chi connectivity index (χ3n) is 5.23. The summed E-state index contributed by atoms with van der Waals surface area (Å²) in [5, 5.41) is 0. The molecule has 0 saturated carbocycles. The second-order valence-corrected chi connectivity index (χ2v) is 7.12. The van der Waals surface area contributed by atoms with Crippen LogP contribution in [-0.4, -0.2) is 41.5 Å². The Morgan fingerprint density at radius 2 is 1.89 bits per heavy atom. The van der Waals surface area contributed by atoms with Crippen molar-refractivity contribution < 1.29 is 18.7 Å². The number of hydrogen-bond acceptors (Lipinski definition) is 5. The van der Waals surface area contributed by atoms with Gasteiger partial charge < -0.3 is 14.1 Å². The van der Waals surface area contributed by atoms with Crippen molar-refractivity contribution in [2.75, 3.05) is 19.7 Å². The number of carbonyl (C=O) groups excluding carboxylic acids is 2. The first kappa shape index (κ1) is 18.2. The lowest BCUT2D eigenvalue weighted by Crippen LogP contribution is -2.41. The van der Waals surface area contributed by atoms with Crippen LogP contribution in [0.3, 0.4) is 0 Å². The summed E-state index contributed by atoms with van der Waals surface area (Å²) >= 11 is 0. The van der Waals surface area contributed by atoms with Crippen LogP contribution >= 0.6 is 0 Å². The van der Waals surface area contributed by atoms with Crippen molar-refractivity contribution >= 4 is 23.0 Å². The Kier molecular flexibility index (Phi) is 5.37. The van der Waals surface area contributed by atoms with E-state index in [1.807, 2.05) is 6.07 Å². The molecule has 0 bridgehead atoms. The number of carbonyl (C=O) groups is 2. The van der Waals surface area contributed by atoms with E-state index < -0.39 is 5.97 Å². The fourth-order valence-electron chi connectivity index (χ4n) is 3.62. The van der Waals surface area contributed by atoms with E-state index in [9.17, 15) is 9.59 Å². The minimum Gasteiger partial charge on any atom is -0.452 e. The zero-order valence-electron chi connectivity index (χ0n) is 15.5. The molecular weight excluding hydrogens is 356 g/mol. The lowest BCUT2D eigenvalue weighted by Gasteiger charge is -2.32. The first-order valence-electron chi connectivity index (χ1n) is 9.51. The van der Waals surface area contributed by atoms with Gasteiger partial charge in [-0.15, -0.1) is 0 Å². The van der Waals surface area contributed by atoms with Crippen LogP contribution in [0.2, 0.25) is 0 Å². The van der Waals surface area contributed by atoms with Gasteiger partial charge in [0.1, 0.15) is 5.52 Å². The third kappa shape index (κ3) is 4.22. The predicted molar refractivity (Wildman–Crippen MR) is 104 cm³/mol. The minimum atomic E-state index is -0.530. The van der Waals surface area contributed by atoms with E-state index in [2.05, 4.69) is 29.2 Å². The van der Waals surface area contributed by atoms with Gasteiger partial charge in [-0.25, -0.2) is 9.78 Å². The summed E-state index contributed by atoms with van der Waals surface area (Å²) in [6, 6.07) is 15.3. The molecule has 6 heteroatoms. The predicted octanol–water partition coefficient (Wildman–Crippen LogP) is 3.47. The van der Waals surface area contributed by atoms with E-state index in [4.69, 9.17) is 9.15 Å². The maximum absolute atomic E-state index is 12.4. The molecule has 1 aliphatic rings. The van der Waals surface area contributed by atoms with Crippen molar-refractivity contribution in [1.29, 1.82) is 0 Å². The topological polar surface area (TPSA) is 72.6 Å². The Balaban J connectivity index is 1.24. The normalized spacial score (nSPS) is 14.9. The second kappa shape index (κ2) is 8.25. The van der Waals surface area contributed by atoms with Crippen LogP contribution in [0.15, 0.2) is 59.3 Å². The first-order chi connectivity index (χ1) is 13.7. The Bertz CT molecular complexity index is 959. The molecule has 6 nitrogen and oxygen atoms in total. The van der Waals surface area contributed by atoms with E-state index in [0.717, 1.165) is 19.3 Å². The van der Waals surface area contributed by atoms with Crippen molar-refractivity contribution in [3.63, 3.8) is 0 Å². The fraction of sp³-hybridized carbons (Fsp3) is 0.318. The standard InChI is InChI=1S/C22H22N2O4/c25-21(14-27-22(26)18-6-7-20-19(13-18)23-15-28-20)24-10-8-17(9-11-24)12-16-4-2-1-3-5-16/h1-7,13,15,17H,8-12,14H2. The monoisotopic (exact) mass is 378 g/mol. The summed E-state index contributed by atoms with van der Waals surface area (Å²) in [5.41, 5.74) is 2.88. The van der Waals surface area contributed by atoms with Gasteiger partial charge in [-0.1, -0.05) is 30.3 Å². The van der Waals surface area contributed by atoms with Gasteiger partial charge in [0.25, 0.3) is 5.91 Å². The van der Waals surface area contributed by atoms with Crippen molar-refractivity contribution in [3.05, 3.63) is 66.1 Å². The average molecular weight is 378 g/mol. The molecule has 0 unspecified atom stereocenters. The average Bonchev–Trinajstić information content (AvgIpc) is 3.21. The number of benzene rings is 2. The molecule has 144 valence electrons. The smallest absolute Gasteiger partial charge is 0.338 e. The summed E-state index contributed by atoms with van der Waals surface area (Å²) < 4.78 is 10.4. The molecule has 4 rings (SSSR count). The summed E-state index contributed by atoms with van der Waals surface area (Å²) in [5.74, 6) is -0.0885. The van der Waals surface area contributed by atoms with Crippen LogP contribution in [0.25, 0.3) is 11.1 Å². The zero-order valence-corrected chi connectivity index (χ0v) is 15.5. The number of hydrogen-bond donors (Lipinski definition) is 0. The Morgan fingerprint density at radius 3 is 2.68 bits per heavy atom. The molecule has 1 fully saturated rings. The van der Waals surface area contributed by atoms with E-state index in [1.54, 1.807) is 23.1 Å². The number of fused-ring (bicyclic) bond motifs is 1. The van der Waals surface area contributed by atoms with Crippen molar-refractivity contribution in [3.8, 4) is 0 Å². The first-order valence-corrected chi connectivity index (χ1v) is 9.51. The van der Waals surface area contributed by atoms with Gasteiger partial charge in [-0.2, -0.15) is 0 Å². The van der Waals surface area contributed by atoms with Gasteiger partial charge in [-0.05, 0) is 48.9 Å². The van der Waals surface area contributed by atoms with Gasteiger partial charge in [0, 0.05) is 13.1 Å². The lowest BCUT2D eigenvalue weighted by molar-refractivity contribution is -0.135. The van der Waals surface area contributed by atoms with Crippen molar-refractivity contribution in [2.45, 2.75) is 19.3 Å². The highest BCUT2D eigenvalue weighted by Gasteiger charge is 2.24. The molecule has 0 aliphatic carbocycles. The molecule has 28 heavy (non-hydrogen) atoms. The van der Waals surface area contributed by atoms with Crippen LogP contribution in [0.1, 0.15) is 28.8 Å². The summed E-state index contributed by atoms with van der Waals surface area (Å²) in [7, 11) is 0. The van der Waals surface area contributed by atoms with E-state index >= 15 is 0 Å². The highest BCUT2D eigenvalue weighted by atomic mass is 16.5. The number of aromatic nitrogens is 1. The highest BCUT2D eigenvalue weighted by Crippen LogP contribution is 2.22. The Hall–Kier alpha value is -3.15. The number of esters is 1. The van der Waals surface area contributed by atoms with E-state index in [1.165, 1.54) is 12.0 Å². The summed E-state index contributed by atoms with van der Waals surface area (Å²) in [6.07, 6.45) is 4.31. The van der Waals surface area contributed by atoms with E-state index in [-0.39, 0.29) is 12.5 Å². The van der Waals surface area contributed by atoms with Crippen LogP contribution in [-0.2, 0) is 16.0 Å². The molecule has 1 amide bonds. The molecule has 0 atom stereocenters. The number of likely N-dealkylation sites (tertiary alicyclic amines) is 1. The number of ether oxygens (including phenoxy) is 1. The van der Waals surface area contributed by atoms with Crippen LogP contribution in [0.4, 0.5) is 0 Å². The molecule has 2 heterocycles. The van der Waals surface area contributed by atoms with Crippen LogP contribution in [0.5, 0.6) is 0 Å². The molecule has 2 aromatic carbocycles. The summed E-state index contributed by atoms with van der Waals surface area (Å²) in [6.45, 7) is 1.18. The summed E-state index contributed by atoms with van der Waals surface area (Å²) in [4.78, 5) is 30.4. The fourth-order valence-corrected chi connectivity index (χ4v) is 3.62. The molecule has 0 N–H and O–H groups in total. The second-order valence-electron chi connectivity index (χ2n) is 7.12. The minimum absolute atomic E-state index is 0.144. The molecule has 0 spiro atoms.